The van der Waals surface area contributed by atoms with Crippen LogP contribution >= 0.6 is 0 Å². The van der Waals surface area contributed by atoms with Gasteiger partial charge in [-0.15, -0.1) is 0 Å². The molecule has 5 heteroatoms. The summed E-state index contributed by atoms with van der Waals surface area (Å²) in [6.07, 6.45) is 7.23. The van der Waals surface area contributed by atoms with E-state index in [4.69, 9.17) is 9.84 Å². The molecule has 2 aliphatic rings. The summed E-state index contributed by atoms with van der Waals surface area (Å²) in [7, 11) is 1.67. The first-order chi connectivity index (χ1) is 14.8. The van der Waals surface area contributed by atoms with Crippen LogP contribution in [0.1, 0.15) is 53.0 Å². The smallest absolute Gasteiger partial charge is 0.279 e. The highest BCUT2D eigenvalue weighted by atomic mass is 16.5. The van der Waals surface area contributed by atoms with E-state index in [2.05, 4.69) is 18.2 Å². The van der Waals surface area contributed by atoms with Gasteiger partial charge in [0, 0.05) is 17.8 Å². The van der Waals surface area contributed by atoms with Gasteiger partial charge in [0.2, 0.25) is 0 Å². The molecule has 1 amide bonds. The minimum Gasteiger partial charge on any atom is -0.495 e. The van der Waals surface area contributed by atoms with Crippen molar-refractivity contribution in [3.05, 3.63) is 71.0 Å². The SMILES string of the molecule is COc1cccc2c1N(C(=O)c1nn(-c3ccccc3)c3c1CCCCC3)CCC2. The van der Waals surface area contributed by atoms with E-state index in [9.17, 15) is 4.79 Å². The van der Waals surface area contributed by atoms with Crippen molar-refractivity contribution in [3.8, 4) is 11.4 Å². The highest BCUT2D eigenvalue weighted by Crippen LogP contribution is 2.38. The predicted octanol–water partition coefficient (Wildman–Crippen LogP) is 4.74. The normalized spacial score (nSPS) is 15.8. The molecule has 2 heterocycles. The van der Waals surface area contributed by atoms with E-state index in [1.807, 2.05) is 39.9 Å². The molecule has 0 saturated carbocycles. The average Bonchev–Trinajstić information content (AvgIpc) is 2.99. The number of anilines is 1. The fraction of sp³-hybridized carbons (Fsp3) is 0.360. The Morgan fingerprint density at radius 1 is 0.933 bits per heavy atom. The summed E-state index contributed by atoms with van der Waals surface area (Å²) in [5, 5.41) is 4.89. The number of methoxy groups -OCH3 is 1. The van der Waals surface area contributed by atoms with E-state index in [1.165, 1.54) is 17.7 Å². The standard InChI is InChI=1S/C25H27N3O2/c1-30-22-16-8-10-18-11-9-17-27(24(18)22)25(29)23-20-14-6-3-7-15-21(20)28(26-23)19-12-4-2-5-13-19/h2,4-5,8,10,12-13,16H,3,6-7,9,11,14-15,17H2,1H3. The van der Waals surface area contributed by atoms with Crippen molar-refractivity contribution in [3.63, 3.8) is 0 Å². The summed E-state index contributed by atoms with van der Waals surface area (Å²) in [6, 6.07) is 16.2. The van der Waals surface area contributed by atoms with Crippen LogP contribution in [0.25, 0.3) is 5.69 Å². The molecule has 0 bridgehead atoms. The topological polar surface area (TPSA) is 47.4 Å². The van der Waals surface area contributed by atoms with Gasteiger partial charge in [-0.1, -0.05) is 36.8 Å². The quantitative estimate of drug-likeness (QED) is 0.596. The van der Waals surface area contributed by atoms with Crippen molar-refractivity contribution in [2.24, 2.45) is 0 Å². The molecular formula is C25H27N3O2. The molecule has 0 fully saturated rings. The molecule has 0 atom stereocenters. The Morgan fingerprint density at radius 3 is 2.60 bits per heavy atom. The third kappa shape index (κ3) is 3.18. The third-order valence-electron chi connectivity index (χ3n) is 6.28. The van der Waals surface area contributed by atoms with Crippen LogP contribution in [-0.2, 0) is 19.3 Å². The molecular weight excluding hydrogens is 374 g/mol. The number of aromatic nitrogens is 2. The minimum absolute atomic E-state index is 0.00622. The lowest BCUT2D eigenvalue weighted by Crippen LogP contribution is -2.36. The summed E-state index contributed by atoms with van der Waals surface area (Å²) in [5.74, 6) is 0.752. The van der Waals surface area contributed by atoms with Gasteiger partial charge >= 0.3 is 0 Å². The zero-order valence-corrected chi connectivity index (χ0v) is 17.4. The van der Waals surface area contributed by atoms with Crippen molar-refractivity contribution in [1.82, 2.24) is 9.78 Å². The van der Waals surface area contributed by atoms with Crippen LogP contribution in [0.15, 0.2) is 48.5 Å². The Kier molecular flexibility index (Phi) is 5.03. The van der Waals surface area contributed by atoms with Crippen LogP contribution in [0.2, 0.25) is 0 Å². The molecule has 154 valence electrons. The molecule has 0 saturated heterocycles. The van der Waals surface area contributed by atoms with Crippen LogP contribution < -0.4 is 9.64 Å². The maximum Gasteiger partial charge on any atom is 0.279 e. The molecule has 30 heavy (non-hydrogen) atoms. The second-order valence-electron chi connectivity index (χ2n) is 8.11. The summed E-state index contributed by atoms with van der Waals surface area (Å²) in [5.41, 5.74) is 6.03. The molecule has 0 unspecified atom stereocenters. The number of benzene rings is 2. The van der Waals surface area contributed by atoms with Crippen molar-refractivity contribution >= 4 is 11.6 Å². The lowest BCUT2D eigenvalue weighted by molar-refractivity contribution is 0.0978. The van der Waals surface area contributed by atoms with E-state index >= 15 is 0 Å². The van der Waals surface area contributed by atoms with E-state index in [1.54, 1.807) is 7.11 Å². The summed E-state index contributed by atoms with van der Waals surface area (Å²) in [6.45, 7) is 0.694. The zero-order chi connectivity index (χ0) is 20.5. The minimum atomic E-state index is -0.00622. The number of ether oxygens (including phenoxy) is 1. The molecule has 0 radical (unpaired) electrons. The zero-order valence-electron chi connectivity index (χ0n) is 17.4. The lowest BCUT2D eigenvalue weighted by atomic mass is 9.99. The van der Waals surface area contributed by atoms with E-state index in [0.717, 1.165) is 61.2 Å². The van der Waals surface area contributed by atoms with E-state index in [-0.39, 0.29) is 5.91 Å². The molecule has 1 aliphatic heterocycles. The third-order valence-corrected chi connectivity index (χ3v) is 6.28. The molecule has 0 spiro atoms. The Hall–Kier alpha value is -3.08. The fourth-order valence-electron chi connectivity index (χ4n) is 4.84. The van der Waals surface area contributed by atoms with Crippen LogP contribution in [0.4, 0.5) is 5.69 Å². The van der Waals surface area contributed by atoms with Gasteiger partial charge in [-0.05, 0) is 62.3 Å². The number of para-hydroxylation sites is 2. The van der Waals surface area contributed by atoms with Gasteiger partial charge in [-0.25, -0.2) is 4.68 Å². The lowest BCUT2D eigenvalue weighted by Gasteiger charge is -2.30. The van der Waals surface area contributed by atoms with E-state index in [0.29, 0.717) is 12.2 Å². The number of aryl methyl sites for hydroxylation is 1. The van der Waals surface area contributed by atoms with Crippen LogP contribution in [0.5, 0.6) is 5.75 Å². The second kappa shape index (κ2) is 7.98. The van der Waals surface area contributed by atoms with Crippen molar-refractivity contribution in [2.75, 3.05) is 18.6 Å². The summed E-state index contributed by atoms with van der Waals surface area (Å²) < 4.78 is 7.62. The Morgan fingerprint density at radius 2 is 1.77 bits per heavy atom. The van der Waals surface area contributed by atoms with Gasteiger partial charge in [-0.2, -0.15) is 5.10 Å². The van der Waals surface area contributed by atoms with Gasteiger partial charge < -0.3 is 9.64 Å². The first-order valence-electron chi connectivity index (χ1n) is 10.9. The Labute approximate surface area is 177 Å². The summed E-state index contributed by atoms with van der Waals surface area (Å²) >= 11 is 0. The van der Waals surface area contributed by atoms with Gasteiger partial charge in [0.1, 0.15) is 5.75 Å². The van der Waals surface area contributed by atoms with Crippen molar-refractivity contribution in [1.29, 1.82) is 0 Å². The number of amides is 1. The fourth-order valence-corrected chi connectivity index (χ4v) is 4.84. The van der Waals surface area contributed by atoms with Crippen LogP contribution in [-0.4, -0.2) is 29.3 Å². The Balaban J connectivity index is 1.62. The highest BCUT2D eigenvalue weighted by Gasteiger charge is 2.32. The number of fused-ring (bicyclic) bond motifs is 2. The van der Waals surface area contributed by atoms with Crippen molar-refractivity contribution in [2.45, 2.75) is 44.9 Å². The van der Waals surface area contributed by atoms with Crippen LogP contribution in [0.3, 0.4) is 0 Å². The molecule has 0 N–H and O–H groups in total. The number of nitrogens with zero attached hydrogens (tertiary/aromatic N) is 3. The largest absolute Gasteiger partial charge is 0.495 e. The number of rotatable bonds is 3. The number of hydrogen-bond donors (Lipinski definition) is 0. The molecule has 1 aliphatic carbocycles. The number of carbonyl (C=O) groups excluding carboxylic acids is 1. The predicted molar refractivity (Wildman–Crippen MR) is 118 cm³/mol. The molecule has 1 aromatic heterocycles. The molecule has 2 aromatic carbocycles. The number of hydrogen-bond acceptors (Lipinski definition) is 3. The molecule has 5 rings (SSSR count). The van der Waals surface area contributed by atoms with Gasteiger partial charge in [0.05, 0.1) is 18.5 Å². The van der Waals surface area contributed by atoms with Gasteiger partial charge in [0.15, 0.2) is 5.69 Å². The van der Waals surface area contributed by atoms with E-state index < -0.39 is 0 Å². The molecule has 5 nitrogen and oxygen atoms in total. The highest BCUT2D eigenvalue weighted by molar-refractivity contribution is 6.07. The average molecular weight is 402 g/mol. The van der Waals surface area contributed by atoms with Gasteiger partial charge in [0.25, 0.3) is 5.91 Å². The van der Waals surface area contributed by atoms with Crippen molar-refractivity contribution < 1.29 is 9.53 Å². The summed E-state index contributed by atoms with van der Waals surface area (Å²) in [4.78, 5) is 15.7. The maximum atomic E-state index is 13.9. The number of carbonyl (C=O) groups is 1. The first kappa shape index (κ1) is 18.9. The second-order valence-corrected chi connectivity index (χ2v) is 8.11. The first-order valence-corrected chi connectivity index (χ1v) is 10.9. The Bertz CT molecular complexity index is 1060. The maximum absolute atomic E-state index is 13.9. The van der Waals surface area contributed by atoms with Gasteiger partial charge in [-0.3, -0.25) is 4.79 Å². The van der Waals surface area contributed by atoms with Crippen LogP contribution in [0, 0.1) is 0 Å². The monoisotopic (exact) mass is 401 g/mol. The molecule has 3 aromatic rings.